The van der Waals surface area contributed by atoms with Crippen LogP contribution in [0.15, 0.2) is 59.9 Å². The Hall–Kier alpha value is -3.32. The summed E-state index contributed by atoms with van der Waals surface area (Å²) < 4.78 is 11.9. The van der Waals surface area contributed by atoms with Crippen LogP contribution in [-0.4, -0.2) is 27.8 Å². The van der Waals surface area contributed by atoms with E-state index in [9.17, 15) is 15.0 Å². The number of aliphatic hydroxyl groups excluding tert-OH is 1. The molecule has 0 radical (unpaired) electrons. The van der Waals surface area contributed by atoms with E-state index in [2.05, 4.69) is 5.32 Å². The van der Waals surface area contributed by atoms with E-state index in [4.69, 9.17) is 21.7 Å². The second kappa shape index (κ2) is 7.50. The highest BCUT2D eigenvalue weighted by atomic mass is 32.1. The Morgan fingerprint density at radius 2 is 2.03 bits per heavy atom. The number of hydrogen-bond acceptors (Lipinski definition) is 6. The van der Waals surface area contributed by atoms with Crippen LogP contribution >= 0.6 is 12.2 Å². The molecule has 2 aromatic carbocycles. The van der Waals surface area contributed by atoms with E-state index in [0.717, 1.165) is 0 Å². The van der Waals surface area contributed by atoms with Crippen molar-refractivity contribution in [1.29, 1.82) is 0 Å². The van der Waals surface area contributed by atoms with Gasteiger partial charge in [0.1, 0.15) is 18.1 Å². The molecular formula is C23H21NO5S. The minimum absolute atomic E-state index is 0.0559. The van der Waals surface area contributed by atoms with Crippen molar-refractivity contribution in [3.63, 3.8) is 0 Å². The number of aromatic hydroxyl groups is 1. The third-order valence-electron chi connectivity index (χ3n) is 5.20. The van der Waals surface area contributed by atoms with Crippen LogP contribution in [0, 0.1) is 0 Å². The summed E-state index contributed by atoms with van der Waals surface area (Å²) in [5.74, 6) is 0.231. The number of nitrogens with one attached hydrogen (secondary N) is 1. The van der Waals surface area contributed by atoms with Crippen LogP contribution in [0.1, 0.15) is 41.8 Å². The van der Waals surface area contributed by atoms with Crippen LogP contribution in [0.25, 0.3) is 0 Å². The minimum atomic E-state index is -1.20. The van der Waals surface area contributed by atoms with E-state index in [1.165, 1.54) is 12.1 Å². The number of phenolic OH excluding ortho intramolecular Hbond substituents is 1. The molecule has 2 aliphatic rings. The average Bonchev–Trinajstić information content (AvgIpc) is 2.99. The number of esters is 1. The van der Waals surface area contributed by atoms with Gasteiger partial charge in [-0.1, -0.05) is 31.3 Å². The van der Waals surface area contributed by atoms with Crippen LogP contribution < -0.4 is 10.1 Å². The molecule has 2 heterocycles. The molecular weight excluding hydrogens is 402 g/mol. The zero-order valence-corrected chi connectivity index (χ0v) is 17.4. The number of rotatable bonds is 3. The normalized spacial score (nSPS) is 21.1. The molecule has 0 bridgehead atoms. The van der Waals surface area contributed by atoms with Gasteiger partial charge < -0.3 is 25.0 Å². The monoisotopic (exact) mass is 423 g/mol. The van der Waals surface area contributed by atoms with Crippen LogP contribution in [0.5, 0.6) is 11.5 Å². The molecule has 154 valence electrons. The SMILES string of the molecule is CC/C(O)=C\C=C1/COc2cc(O)ccc2C12OC(=O)c1cc(NC(C)=S)ccc12. The standard InChI is InChI=1S/C23H21NO5S/c1-3-16(25)6-4-14-12-28-21-11-17(26)7-9-20(21)23(14)19-8-5-15(24-13(2)30)10-18(19)22(27)29-23/h4-11,25-26H,3,12H2,1-2H3,(H,24,30)/b14-4+,16-6+. The third kappa shape index (κ3) is 3.21. The van der Waals surface area contributed by atoms with E-state index in [0.29, 0.717) is 45.1 Å². The van der Waals surface area contributed by atoms with Gasteiger partial charge in [0, 0.05) is 34.9 Å². The molecule has 0 aliphatic carbocycles. The summed E-state index contributed by atoms with van der Waals surface area (Å²) in [5.41, 5.74) is 1.87. The third-order valence-corrected chi connectivity index (χ3v) is 5.31. The van der Waals surface area contributed by atoms with E-state index in [1.54, 1.807) is 31.2 Å². The van der Waals surface area contributed by atoms with Gasteiger partial charge in [-0.2, -0.15) is 0 Å². The van der Waals surface area contributed by atoms with Crippen molar-refractivity contribution in [1.82, 2.24) is 0 Å². The van der Waals surface area contributed by atoms with Gasteiger partial charge in [-0.3, -0.25) is 0 Å². The number of thiocarbonyl (C=S) groups is 1. The van der Waals surface area contributed by atoms with Gasteiger partial charge in [-0.25, -0.2) is 4.79 Å². The summed E-state index contributed by atoms with van der Waals surface area (Å²) in [6, 6.07) is 10.1. The predicted octanol–water partition coefficient (Wildman–Crippen LogP) is 4.74. The highest BCUT2D eigenvalue weighted by Crippen LogP contribution is 2.53. The maximum absolute atomic E-state index is 12.9. The first-order valence-corrected chi connectivity index (χ1v) is 9.97. The van der Waals surface area contributed by atoms with Crippen molar-refractivity contribution >= 4 is 28.9 Å². The number of benzene rings is 2. The summed E-state index contributed by atoms with van der Waals surface area (Å²) in [4.78, 5) is 13.5. The molecule has 1 atom stereocenters. The summed E-state index contributed by atoms with van der Waals surface area (Å²) in [6.45, 7) is 3.74. The number of aliphatic hydroxyl groups is 1. The Kier molecular flexibility index (Phi) is 4.99. The van der Waals surface area contributed by atoms with E-state index in [-0.39, 0.29) is 18.1 Å². The van der Waals surface area contributed by atoms with Gasteiger partial charge in [0.15, 0.2) is 5.60 Å². The van der Waals surface area contributed by atoms with Crippen molar-refractivity contribution in [2.45, 2.75) is 25.9 Å². The van der Waals surface area contributed by atoms with Gasteiger partial charge in [-0.05, 0) is 37.3 Å². The van der Waals surface area contributed by atoms with Crippen molar-refractivity contribution in [3.8, 4) is 11.5 Å². The molecule has 0 saturated carbocycles. The van der Waals surface area contributed by atoms with Crippen LogP contribution in [0.2, 0.25) is 0 Å². The Balaban J connectivity index is 1.95. The molecule has 30 heavy (non-hydrogen) atoms. The van der Waals surface area contributed by atoms with E-state index >= 15 is 0 Å². The first kappa shape index (κ1) is 20.0. The number of carbonyl (C=O) groups excluding carboxylic acids is 1. The first-order valence-electron chi connectivity index (χ1n) is 9.56. The Labute approximate surface area is 179 Å². The van der Waals surface area contributed by atoms with Crippen molar-refractivity contribution in [2.75, 3.05) is 11.9 Å². The molecule has 1 unspecified atom stereocenters. The number of fused-ring (bicyclic) bond motifs is 4. The van der Waals surface area contributed by atoms with Crippen molar-refractivity contribution < 1.29 is 24.5 Å². The lowest BCUT2D eigenvalue weighted by Crippen LogP contribution is -2.37. The average molecular weight is 423 g/mol. The van der Waals surface area contributed by atoms with Crippen LogP contribution in [-0.2, 0) is 10.3 Å². The lowest BCUT2D eigenvalue weighted by molar-refractivity contribution is 0.0165. The lowest BCUT2D eigenvalue weighted by Gasteiger charge is -2.37. The molecule has 0 fully saturated rings. The second-order valence-corrected chi connectivity index (χ2v) is 7.80. The Morgan fingerprint density at radius 1 is 1.27 bits per heavy atom. The van der Waals surface area contributed by atoms with Crippen molar-refractivity contribution in [3.05, 3.63) is 76.6 Å². The Bertz CT molecular complexity index is 1120. The first-order chi connectivity index (χ1) is 14.3. The minimum Gasteiger partial charge on any atom is -0.512 e. The van der Waals surface area contributed by atoms with E-state index in [1.807, 2.05) is 19.1 Å². The molecule has 0 aromatic heterocycles. The molecule has 2 aromatic rings. The number of anilines is 1. The van der Waals surface area contributed by atoms with Gasteiger partial charge in [0.2, 0.25) is 0 Å². The van der Waals surface area contributed by atoms with Crippen LogP contribution in [0.3, 0.4) is 0 Å². The fraction of sp³-hybridized carbons (Fsp3) is 0.217. The number of hydrogen-bond donors (Lipinski definition) is 3. The second-order valence-electron chi connectivity index (χ2n) is 7.18. The van der Waals surface area contributed by atoms with E-state index < -0.39 is 11.6 Å². The zero-order chi connectivity index (χ0) is 21.5. The fourth-order valence-electron chi connectivity index (χ4n) is 3.82. The van der Waals surface area contributed by atoms with Gasteiger partial charge in [-0.15, -0.1) is 0 Å². The largest absolute Gasteiger partial charge is 0.512 e. The number of carbonyl (C=O) groups is 1. The molecule has 3 N–H and O–H groups in total. The molecule has 0 amide bonds. The predicted molar refractivity (Wildman–Crippen MR) is 117 cm³/mol. The summed E-state index contributed by atoms with van der Waals surface area (Å²) in [7, 11) is 0. The molecule has 0 saturated heterocycles. The van der Waals surface area contributed by atoms with Crippen molar-refractivity contribution in [2.24, 2.45) is 0 Å². The lowest BCUT2D eigenvalue weighted by atomic mass is 9.77. The zero-order valence-electron chi connectivity index (χ0n) is 16.6. The van der Waals surface area contributed by atoms with Crippen LogP contribution in [0.4, 0.5) is 5.69 Å². The summed E-state index contributed by atoms with van der Waals surface area (Å²) in [5, 5.41) is 22.9. The van der Waals surface area contributed by atoms with Gasteiger partial charge >= 0.3 is 5.97 Å². The smallest absolute Gasteiger partial charge is 0.340 e. The highest BCUT2D eigenvalue weighted by Gasteiger charge is 2.53. The highest BCUT2D eigenvalue weighted by molar-refractivity contribution is 7.80. The Morgan fingerprint density at radius 3 is 2.77 bits per heavy atom. The quantitative estimate of drug-likeness (QED) is 0.373. The summed E-state index contributed by atoms with van der Waals surface area (Å²) in [6.07, 6.45) is 3.79. The van der Waals surface area contributed by atoms with Gasteiger partial charge in [0.05, 0.1) is 16.3 Å². The number of phenols is 1. The van der Waals surface area contributed by atoms with Gasteiger partial charge in [0.25, 0.3) is 0 Å². The maximum atomic E-state index is 12.9. The molecule has 2 aliphatic heterocycles. The molecule has 6 nitrogen and oxygen atoms in total. The topological polar surface area (TPSA) is 88.0 Å². The molecule has 7 heteroatoms. The maximum Gasteiger partial charge on any atom is 0.340 e. The fourth-order valence-corrected chi connectivity index (χ4v) is 3.94. The number of allylic oxidation sites excluding steroid dienone is 3. The molecule has 4 rings (SSSR count). The summed E-state index contributed by atoms with van der Waals surface area (Å²) >= 11 is 5.10. The number of ether oxygens (including phenoxy) is 2. The molecule has 1 spiro atoms.